The van der Waals surface area contributed by atoms with Crippen LogP contribution in [0.5, 0.6) is 0 Å². The summed E-state index contributed by atoms with van der Waals surface area (Å²) in [6.45, 7) is 4.05. The Balaban J connectivity index is 0.00000210. The first kappa shape index (κ1) is 20.5. The van der Waals surface area contributed by atoms with E-state index in [1.165, 1.54) is 22.3 Å². The number of rotatable bonds is 3. The molecule has 1 aliphatic rings. The van der Waals surface area contributed by atoms with E-state index in [0.717, 1.165) is 19.5 Å². The Morgan fingerprint density at radius 1 is 0.926 bits per heavy atom. The zero-order chi connectivity index (χ0) is 18.1. The van der Waals surface area contributed by atoms with Gasteiger partial charge in [0.25, 0.3) is 0 Å². The van der Waals surface area contributed by atoms with Gasteiger partial charge in [0.2, 0.25) is 0 Å². The molecule has 0 saturated carbocycles. The van der Waals surface area contributed by atoms with E-state index >= 15 is 0 Å². The molecule has 132 valence electrons. The van der Waals surface area contributed by atoms with Crippen molar-refractivity contribution in [2.24, 2.45) is 0 Å². The van der Waals surface area contributed by atoms with E-state index in [0.29, 0.717) is 10.0 Å². The van der Waals surface area contributed by atoms with Crippen LogP contribution < -0.4 is 18.9 Å². The molecule has 27 heavy (non-hydrogen) atoms. The summed E-state index contributed by atoms with van der Waals surface area (Å²) in [5.41, 5.74) is 4.72. The second-order valence-electron chi connectivity index (χ2n) is 6.91. The minimum Gasteiger partial charge on any atom is -0.288 e. The summed E-state index contributed by atoms with van der Waals surface area (Å²) < 4.78 is 0. The zero-order valence-corrected chi connectivity index (χ0v) is 17.2. The molecule has 3 aromatic rings. The van der Waals surface area contributed by atoms with E-state index in [4.69, 9.17) is 23.2 Å². The Hall–Kier alpha value is -1.20. The van der Waals surface area contributed by atoms with E-state index in [1.54, 1.807) is 0 Å². The number of hydrogen-bond acceptors (Lipinski definition) is 1. The van der Waals surface area contributed by atoms with Crippen LogP contribution in [0, 0.1) is 6.07 Å². The molecule has 0 radical (unpaired) electrons. The van der Waals surface area contributed by atoms with Gasteiger partial charge in [0.1, 0.15) is 0 Å². The van der Waals surface area contributed by atoms with Crippen molar-refractivity contribution in [2.75, 3.05) is 6.54 Å². The topological polar surface area (TPSA) is 3.24 Å². The molecule has 4 rings (SSSR count). The van der Waals surface area contributed by atoms with Crippen LogP contribution in [0.2, 0.25) is 10.0 Å². The number of benzene rings is 3. The maximum absolute atomic E-state index is 6.38. The molecule has 0 bridgehead atoms. The Morgan fingerprint density at radius 2 is 1.48 bits per heavy atom. The average molecular weight is 388 g/mol. The molecule has 0 saturated heterocycles. The van der Waals surface area contributed by atoms with Crippen LogP contribution in [0.4, 0.5) is 0 Å². The van der Waals surface area contributed by atoms with E-state index in [1.807, 2.05) is 6.07 Å². The summed E-state index contributed by atoms with van der Waals surface area (Å²) in [7, 11) is 0. The van der Waals surface area contributed by atoms with Gasteiger partial charge in [0.05, 0.1) is 5.54 Å². The molecule has 0 spiro atoms. The SMILES string of the molecule is CC(c1ccccc1)(c1ccccc1)N1CCc2c(Cl)[c-]c(Cl)cc2C1.[Li+]. The first-order valence-corrected chi connectivity index (χ1v) is 9.60. The smallest absolute Gasteiger partial charge is 0.288 e. The Labute approximate surface area is 183 Å². The Kier molecular flexibility index (Phi) is 6.42. The van der Waals surface area contributed by atoms with Gasteiger partial charge < -0.3 is 0 Å². The average Bonchev–Trinajstić information content (AvgIpc) is 2.68. The summed E-state index contributed by atoms with van der Waals surface area (Å²) in [6, 6.07) is 26.4. The fourth-order valence-corrected chi connectivity index (χ4v) is 4.57. The van der Waals surface area contributed by atoms with Crippen molar-refractivity contribution in [3.63, 3.8) is 0 Å². The maximum atomic E-state index is 6.38. The van der Waals surface area contributed by atoms with E-state index < -0.39 is 0 Å². The molecule has 0 aliphatic carbocycles. The van der Waals surface area contributed by atoms with Crippen LogP contribution in [0.15, 0.2) is 66.7 Å². The second-order valence-corrected chi connectivity index (χ2v) is 7.70. The first-order chi connectivity index (χ1) is 12.6. The molecule has 1 heterocycles. The molecular weight excluding hydrogens is 368 g/mol. The molecule has 1 nitrogen and oxygen atoms in total. The van der Waals surface area contributed by atoms with Crippen molar-refractivity contribution in [3.05, 3.63) is 105 Å². The van der Waals surface area contributed by atoms with Crippen molar-refractivity contribution < 1.29 is 18.9 Å². The summed E-state index contributed by atoms with van der Waals surface area (Å²) in [5.74, 6) is 0. The third kappa shape index (κ3) is 3.86. The summed E-state index contributed by atoms with van der Waals surface area (Å²) in [4.78, 5) is 2.52. The minimum absolute atomic E-state index is 0. The van der Waals surface area contributed by atoms with Crippen molar-refractivity contribution >= 4 is 23.2 Å². The van der Waals surface area contributed by atoms with Gasteiger partial charge >= 0.3 is 18.9 Å². The molecular formula is C23H20Cl2LiN. The number of hydrogen-bond donors (Lipinski definition) is 0. The monoisotopic (exact) mass is 387 g/mol. The summed E-state index contributed by atoms with van der Waals surface area (Å²) in [6.07, 6.45) is 0.900. The van der Waals surface area contributed by atoms with Gasteiger partial charge in [-0.3, -0.25) is 4.90 Å². The van der Waals surface area contributed by atoms with Gasteiger partial charge in [-0.1, -0.05) is 77.1 Å². The van der Waals surface area contributed by atoms with Crippen molar-refractivity contribution in [1.82, 2.24) is 4.90 Å². The fourth-order valence-electron chi connectivity index (χ4n) is 3.98. The quantitative estimate of drug-likeness (QED) is 0.492. The molecule has 3 aromatic carbocycles. The van der Waals surface area contributed by atoms with Crippen molar-refractivity contribution in [3.8, 4) is 0 Å². The summed E-state index contributed by atoms with van der Waals surface area (Å²) >= 11 is 12.6. The van der Waals surface area contributed by atoms with Crippen molar-refractivity contribution in [1.29, 1.82) is 0 Å². The maximum Gasteiger partial charge on any atom is 1.00 e. The third-order valence-electron chi connectivity index (χ3n) is 5.48. The number of nitrogens with zero attached hydrogens (tertiary/aromatic N) is 1. The van der Waals surface area contributed by atoms with Gasteiger partial charge in [-0.15, -0.1) is 46.5 Å². The molecule has 4 heteroatoms. The summed E-state index contributed by atoms with van der Waals surface area (Å²) in [5, 5.41) is 1.24. The number of halogens is 2. The fraction of sp³-hybridized carbons (Fsp3) is 0.217. The predicted octanol–water partition coefficient (Wildman–Crippen LogP) is 3.12. The van der Waals surface area contributed by atoms with Crippen LogP contribution in [0.3, 0.4) is 0 Å². The van der Waals surface area contributed by atoms with Gasteiger partial charge in [0.15, 0.2) is 0 Å². The Morgan fingerprint density at radius 3 is 2.04 bits per heavy atom. The van der Waals surface area contributed by atoms with Crippen LogP contribution in [-0.2, 0) is 18.5 Å². The second kappa shape index (κ2) is 8.44. The molecule has 0 atom stereocenters. The third-order valence-corrected chi connectivity index (χ3v) is 6.01. The van der Waals surface area contributed by atoms with Crippen LogP contribution >= 0.6 is 23.2 Å². The number of fused-ring (bicyclic) bond motifs is 1. The van der Waals surface area contributed by atoms with E-state index in [9.17, 15) is 0 Å². The normalized spacial score (nSPS) is 14.3. The van der Waals surface area contributed by atoms with Gasteiger partial charge in [0, 0.05) is 6.54 Å². The van der Waals surface area contributed by atoms with Gasteiger partial charge in [-0.05, 0) is 24.6 Å². The Bertz CT molecular complexity index is 873. The molecule has 0 aromatic heterocycles. The van der Waals surface area contributed by atoms with Crippen LogP contribution in [-0.4, -0.2) is 11.4 Å². The van der Waals surface area contributed by atoms with E-state index in [2.05, 4.69) is 78.6 Å². The molecule has 0 N–H and O–H groups in total. The van der Waals surface area contributed by atoms with E-state index in [-0.39, 0.29) is 24.4 Å². The zero-order valence-electron chi connectivity index (χ0n) is 15.7. The molecule has 0 unspecified atom stereocenters. The minimum atomic E-state index is -0.223. The standard InChI is InChI=1S/C23H20Cl2N.Li/c1-23(18-8-4-2-5-9-18,19-10-6-3-7-11-19)26-13-12-21-17(16-26)14-20(24)15-22(21)25;/h2-11,14H,12-13,16H2,1H3;/q-1;+1. The van der Waals surface area contributed by atoms with Gasteiger partial charge in [-0.2, -0.15) is 0 Å². The molecule has 1 aliphatic heterocycles. The largest absolute Gasteiger partial charge is 1.00 e. The van der Waals surface area contributed by atoms with Crippen LogP contribution in [0.25, 0.3) is 0 Å². The molecule has 0 amide bonds. The molecule has 0 fully saturated rings. The van der Waals surface area contributed by atoms with Gasteiger partial charge in [-0.25, -0.2) is 0 Å². The predicted molar refractivity (Wildman–Crippen MR) is 109 cm³/mol. The van der Waals surface area contributed by atoms with Crippen molar-refractivity contribution in [2.45, 2.75) is 25.4 Å². The first-order valence-electron chi connectivity index (χ1n) is 8.84. The van der Waals surface area contributed by atoms with Crippen LogP contribution in [0.1, 0.15) is 29.2 Å².